The predicted octanol–water partition coefficient (Wildman–Crippen LogP) is 2.18. The highest BCUT2D eigenvalue weighted by Crippen LogP contribution is 2.23. The van der Waals surface area contributed by atoms with Crippen molar-refractivity contribution in [1.82, 2.24) is 24.9 Å². The van der Waals surface area contributed by atoms with Crippen molar-refractivity contribution in [1.29, 1.82) is 0 Å². The van der Waals surface area contributed by atoms with Crippen molar-refractivity contribution in [2.45, 2.75) is 0 Å². The van der Waals surface area contributed by atoms with Gasteiger partial charge in [0.2, 0.25) is 0 Å². The molecule has 4 aromatic rings. The molecule has 0 aliphatic carbocycles. The minimum absolute atomic E-state index is 0.105. The molecule has 0 saturated carbocycles. The van der Waals surface area contributed by atoms with Crippen LogP contribution < -0.4 is 5.73 Å². The van der Waals surface area contributed by atoms with Crippen molar-refractivity contribution in [3.05, 3.63) is 60.6 Å². The van der Waals surface area contributed by atoms with Gasteiger partial charge in [-0.2, -0.15) is 0 Å². The van der Waals surface area contributed by atoms with E-state index in [2.05, 4.69) is 24.9 Å². The van der Waals surface area contributed by atoms with Crippen LogP contribution in [0.25, 0.3) is 33.9 Å². The van der Waals surface area contributed by atoms with Gasteiger partial charge in [0.15, 0.2) is 17.2 Å². The standard InChI is InChI=1S/C17H12N6O/c18-14(24)12-13-17(22-15(21-13)10-5-2-1-3-6-10)23-16(20-12)11-7-4-8-19-9-11/h1-9H,(H2,18,24)(H,20,21,22,23). The molecule has 7 heteroatoms. The van der Waals surface area contributed by atoms with Gasteiger partial charge in [-0.15, -0.1) is 0 Å². The van der Waals surface area contributed by atoms with Crippen molar-refractivity contribution in [2.24, 2.45) is 5.73 Å². The van der Waals surface area contributed by atoms with E-state index in [1.54, 1.807) is 18.5 Å². The topological polar surface area (TPSA) is 110 Å². The smallest absolute Gasteiger partial charge is 0.269 e. The summed E-state index contributed by atoms with van der Waals surface area (Å²) >= 11 is 0. The molecule has 4 rings (SSSR count). The number of rotatable bonds is 3. The summed E-state index contributed by atoms with van der Waals surface area (Å²) in [5.74, 6) is 0.317. The summed E-state index contributed by atoms with van der Waals surface area (Å²) in [6, 6.07) is 13.1. The fourth-order valence-electron chi connectivity index (χ4n) is 2.43. The van der Waals surface area contributed by atoms with Gasteiger partial charge in [-0.1, -0.05) is 30.3 Å². The molecule has 3 heterocycles. The van der Waals surface area contributed by atoms with E-state index in [0.717, 1.165) is 5.56 Å². The van der Waals surface area contributed by atoms with Gasteiger partial charge >= 0.3 is 0 Å². The highest BCUT2D eigenvalue weighted by molar-refractivity contribution is 6.02. The quantitative estimate of drug-likeness (QED) is 0.602. The zero-order valence-electron chi connectivity index (χ0n) is 12.5. The van der Waals surface area contributed by atoms with E-state index in [9.17, 15) is 4.79 Å². The number of hydrogen-bond donors (Lipinski definition) is 2. The lowest BCUT2D eigenvalue weighted by atomic mass is 10.2. The predicted molar refractivity (Wildman–Crippen MR) is 88.9 cm³/mol. The van der Waals surface area contributed by atoms with Gasteiger partial charge in [0.25, 0.3) is 5.91 Å². The zero-order valence-corrected chi connectivity index (χ0v) is 12.5. The average Bonchev–Trinajstić information content (AvgIpc) is 3.06. The highest BCUT2D eigenvalue weighted by atomic mass is 16.1. The zero-order chi connectivity index (χ0) is 16.5. The molecule has 1 amide bonds. The molecule has 0 bridgehead atoms. The molecule has 3 aromatic heterocycles. The maximum Gasteiger partial charge on any atom is 0.269 e. The lowest BCUT2D eigenvalue weighted by molar-refractivity contribution is 0.0997. The summed E-state index contributed by atoms with van der Waals surface area (Å²) in [4.78, 5) is 32.1. The lowest BCUT2D eigenvalue weighted by Crippen LogP contribution is -2.15. The lowest BCUT2D eigenvalue weighted by Gasteiger charge is -2.02. The Morgan fingerprint density at radius 2 is 1.75 bits per heavy atom. The van der Waals surface area contributed by atoms with Crippen molar-refractivity contribution in [3.63, 3.8) is 0 Å². The molecule has 0 unspecified atom stereocenters. The molecule has 0 spiro atoms. The Morgan fingerprint density at radius 1 is 0.958 bits per heavy atom. The van der Waals surface area contributed by atoms with Gasteiger partial charge in [-0.05, 0) is 12.1 Å². The first kappa shape index (κ1) is 14.0. The molecule has 0 fully saturated rings. The van der Waals surface area contributed by atoms with E-state index in [4.69, 9.17) is 5.73 Å². The first-order chi connectivity index (χ1) is 11.7. The minimum Gasteiger partial charge on any atom is -0.364 e. The highest BCUT2D eigenvalue weighted by Gasteiger charge is 2.17. The van der Waals surface area contributed by atoms with E-state index < -0.39 is 5.91 Å². The third-order valence-corrected chi connectivity index (χ3v) is 3.55. The number of aromatic amines is 1. The number of hydrogen-bond acceptors (Lipinski definition) is 5. The number of carbonyl (C=O) groups excluding carboxylic acids is 1. The molecule has 7 nitrogen and oxygen atoms in total. The number of amides is 1. The van der Waals surface area contributed by atoms with Crippen LogP contribution in [0.15, 0.2) is 54.9 Å². The molecule has 0 saturated heterocycles. The summed E-state index contributed by atoms with van der Waals surface area (Å²) in [5, 5.41) is 0. The minimum atomic E-state index is -0.643. The van der Waals surface area contributed by atoms with Crippen molar-refractivity contribution >= 4 is 17.1 Å². The second kappa shape index (κ2) is 5.54. The van der Waals surface area contributed by atoms with Crippen LogP contribution in [0.3, 0.4) is 0 Å². The summed E-state index contributed by atoms with van der Waals surface area (Å²) in [5.41, 5.74) is 7.97. The number of carbonyl (C=O) groups is 1. The van der Waals surface area contributed by atoms with Gasteiger partial charge < -0.3 is 10.7 Å². The molecule has 0 aliphatic rings. The van der Waals surface area contributed by atoms with Gasteiger partial charge in [-0.3, -0.25) is 9.78 Å². The number of imidazole rings is 1. The van der Waals surface area contributed by atoms with Crippen LogP contribution in [0.5, 0.6) is 0 Å². The number of primary amides is 1. The first-order valence-electron chi connectivity index (χ1n) is 7.26. The van der Waals surface area contributed by atoms with E-state index >= 15 is 0 Å². The second-order valence-corrected chi connectivity index (χ2v) is 5.15. The fourth-order valence-corrected chi connectivity index (χ4v) is 2.43. The fraction of sp³-hybridized carbons (Fsp3) is 0. The summed E-state index contributed by atoms with van der Waals surface area (Å²) in [6.07, 6.45) is 3.27. The SMILES string of the molecule is NC(=O)c1nc(-c2cccnc2)nc2nc(-c3ccccc3)[nH]c12. The monoisotopic (exact) mass is 316 g/mol. The van der Waals surface area contributed by atoms with Gasteiger partial charge in [0, 0.05) is 23.5 Å². The number of H-pyrrole nitrogens is 1. The number of nitrogens with one attached hydrogen (secondary N) is 1. The summed E-state index contributed by atoms with van der Waals surface area (Å²) in [6.45, 7) is 0. The number of nitrogens with two attached hydrogens (primary N) is 1. The van der Waals surface area contributed by atoms with E-state index in [1.807, 2.05) is 36.4 Å². The maximum absolute atomic E-state index is 11.8. The Hall–Kier alpha value is -3.61. The molecule has 1 aromatic carbocycles. The van der Waals surface area contributed by atoms with Gasteiger partial charge in [0.1, 0.15) is 11.3 Å². The molecule has 116 valence electrons. The maximum atomic E-state index is 11.8. The van der Waals surface area contributed by atoms with Crippen molar-refractivity contribution in [2.75, 3.05) is 0 Å². The van der Waals surface area contributed by atoms with Crippen LogP contribution >= 0.6 is 0 Å². The number of pyridine rings is 1. The molecule has 0 aliphatic heterocycles. The van der Waals surface area contributed by atoms with Crippen LogP contribution in [0, 0.1) is 0 Å². The molecular weight excluding hydrogens is 304 g/mol. The largest absolute Gasteiger partial charge is 0.364 e. The van der Waals surface area contributed by atoms with Crippen molar-refractivity contribution < 1.29 is 4.79 Å². The Labute approximate surface area is 136 Å². The molecule has 24 heavy (non-hydrogen) atoms. The van der Waals surface area contributed by atoms with Crippen LogP contribution in [-0.4, -0.2) is 30.8 Å². The number of aromatic nitrogens is 5. The Kier molecular flexibility index (Phi) is 3.24. The summed E-state index contributed by atoms with van der Waals surface area (Å²) in [7, 11) is 0. The average molecular weight is 316 g/mol. The second-order valence-electron chi connectivity index (χ2n) is 5.15. The number of fused-ring (bicyclic) bond motifs is 1. The number of nitrogens with zero attached hydrogens (tertiary/aromatic N) is 4. The van der Waals surface area contributed by atoms with E-state index in [1.165, 1.54) is 0 Å². The molecule has 0 radical (unpaired) electrons. The molecular formula is C17H12N6O. The third-order valence-electron chi connectivity index (χ3n) is 3.55. The van der Waals surface area contributed by atoms with Crippen LogP contribution in [0.4, 0.5) is 0 Å². The van der Waals surface area contributed by atoms with E-state index in [0.29, 0.717) is 28.4 Å². The first-order valence-corrected chi connectivity index (χ1v) is 7.26. The Balaban J connectivity index is 1.95. The molecule has 0 atom stereocenters. The van der Waals surface area contributed by atoms with Gasteiger partial charge in [0.05, 0.1) is 0 Å². The normalized spacial score (nSPS) is 10.8. The number of benzene rings is 1. The van der Waals surface area contributed by atoms with Crippen LogP contribution in [0.2, 0.25) is 0 Å². The van der Waals surface area contributed by atoms with Crippen LogP contribution in [0.1, 0.15) is 10.5 Å². The van der Waals surface area contributed by atoms with Gasteiger partial charge in [-0.25, -0.2) is 15.0 Å². The van der Waals surface area contributed by atoms with E-state index in [-0.39, 0.29) is 5.69 Å². The summed E-state index contributed by atoms with van der Waals surface area (Å²) < 4.78 is 0. The third kappa shape index (κ3) is 2.38. The Bertz CT molecular complexity index is 1030. The van der Waals surface area contributed by atoms with Crippen molar-refractivity contribution in [3.8, 4) is 22.8 Å². The molecule has 3 N–H and O–H groups in total. The Morgan fingerprint density at radius 3 is 2.46 bits per heavy atom. The van der Waals surface area contributed by atoms with Crippen LogP contribution in [-0.2, 0) is 0 Å².